The lowest BCUT2D eigenvalue weighted by Crippen LogP contribution is -1.96. The predicted octanol–water partition coefficient (Wildman–Crippen LogP) is 2.94. The summed E-state index contributed by atoms with van der Waals surface area (Å²) in [5.41, 5.74) is 1.98. The fourth-order valence-corrected chi connectivity index (χ4v) is 1.50. The molecule has 1 aliphatic carbocycles. The fraction of sp³-hybridized carbons (Fsp3) is 0.333. The number of nitrogens with one attached hydrogen (secondary N) is 1. The largest absolute Gasteiger partial charge is 0.289 e. The Kier molecular flexibility index (Phi) is 3.28. The molecule has 0 atom stereocenters. The van der Waals surface area contributed by atoms with Gasteiger partial charge < -0.3 is 0 Å². The van der Waals surface area contributed by atoms with Gasteiger partial charge in [0.2, 0.25) is 0 Å². The van der Waals surface area contributed by atoms with Crippen LogP contribution in [0.15, 0.2) is 18.5 Å². The molecule has 4 heteroatoms. The van der Waals surface area contributed by atoms with Crippen LogP contribution in [0.5, 0.6) is 0 Å². The van der Waals surface area contributed by atoms with Gasteiger partial charge in [0.05, 0.1) is 0 Å². The van der Waals surface area contributed by atoms with Crippen molar-refractivity contribution in [3.8, 4) is 0 Å². The van der Waals surface area contributed by atoms with Crippen molar-refractivity contribution in [3.05, 3.63) is 29.6 Å². The molecule has 13 heavy (non-hydrogen) atoms. The Morgan fingerprint density at radius 1 is 1.54 bits per heavy atom. The Bertz CT molecular complexity index is 321. The van der Waals surface area contributed by atoms with Gasteiger partial charge in [0.15, 0.2) is 0 Å². The first kappa shape index (κ1) is 10.5. The maximum absolute atomic E-state index is 7.33. The Morgan fingerprint density at radius 2 is 2.23 bits per heavy atom. The van der Waals surface area contributed by atoms with E-state index in [-0.39, 0.29) is 17.6 Å². The highest BCUT2D eigenvalue weighted by Gasteiger charge is 2.26. The minimum Gasteiger partial charge on any atom is -0.289 e. The molecule has 1 aromatic heterocycles. The van der Waals surface area contributed by atoms with Crippen molar-refractivity contribution in [2.24, 2.45) is 0 Å². The molecule has 0 aliphatic heterocycles. The highest BCUT2D eigenvalue weighted by molar-refractivity contribution is 6.68. The molecule has 0 unspecified atom stereocenters. The van der Waals surface area contributed by atoms with Crippen LogP contribution < -0.4 is 0 Å². The van der Waals surface area contributed by atoms with Crippen LogP contribution in [0.4, 0.5) is 0 Å². The molecule has 1 aromatic rings. The number of halogens is 2. The Labute approximate surface area is 88.2 Å². The normalized spacial score (nSPS) is 14.8. The van der Waals surface area contributed by atoms with Crippen LogP contribution >= 0.6 is 24.0 Å². The summed E-state index contributed by atoms with van der Waals surface area (Å²) in [5.74, 6) is 0.604. The number of pyridine rings is 1. The van der Waals surface area contributed by atoms with Crippen molar-refractivity contribution in [1.82, 2.24) is 4.98 Å². The lowest BCUT2D eigenvalue weighted by Gasteiger charge is -2.03. The van der Waals surface area contributed by atoms with Crippen molar-refractivity contribution in [2.45, 2.75) is 18.8 Å². The first-order chi connectivity index (χ1) is 5.79. The van der Waals surface area contributed by atoms with Crippen molar-refractivity contribution < 1.29 is 0 Å². The number of hydrogen-bond acceptors (Lipinski definition) is 2. The van der Waals surface area contributed by atoms with E-state index in [1.54, 1.807) is 6.20 Å². The summed E-state index contributed by atoms with van der Waals surface area (Å²) < 4.78 is 0. The highest BCUT2D eigenvalue weighted by Crippen LogP contribution is 2.41. The molecule has 0 aromatic carbocycles. The minimum absolute atomic E-state index is 0. The zero-order valence-corrected chi connectivity index (χ0v) is 8.53. The summed E-state index contributed by atoms with van der Waals surface area (Å²) in [6.45, 7) is 0. The Hall–Kier alpha value is -0.600. The molecule has 1 fully saturated rings. The van der Waals surface area contributed by atoms with Crippen LogP contribution in [-0.4, -0.2) is 10.2 Å². The molecule has 1 saturated carbocycles. The predicted molar refractivity (Wildman–Crippen MR) is 56.1 cm³/mol. The summed E-state index contributed by atoms with van der Waals surface area (Å²) in [5, 5.41) is 7.46. The molecule has 2 nitrogen and oxygen atoms in total. The van der Waals surface area contributed by atoms with Gasteiger partial charge >= 0.3 is 0 Å². The summed E-state index contributed by atoms with van der Waals surface area (Å²) in [6, 6.07) is 1.81. The maximum atomic E-state index is 7.33. The summed E-state index contributed by atoms with van der Waals surface area (Å²) in [4.78, 5) is 4.03. The molecule has 1 aliphatic rings. The van der Waals surface area contributed by atoms with Crippen LogP contribution in [0.25, 0.3) is 0 Å². The quantitative estimate of drug-likeness (QED) is 0.759. The zero-order valence-electron chi connectivity index (χ0n) is 6.96. The molecule has 0 radical (unpaired) electrons. The third-order valence-electron chi connectivity index (χ3n) is 2.11. The number of rotatable bonds is 2. The second-order valence-electron chi connectivity index (χ2n) is 3.05. The molecule has 0 spiro atoms. The van der Waals surface area contributed by atoms with Crippen LogP contribution in [0.2, 0.25) is 0 Å². The number of hydrogen-bond donors (Lipinski definition) is 1. The maximum Gasteiger partial charge on any atom is 0.128 e. The topological polar surface area (TPSA) is 36.7 Å². The Balaban J connectivity index is 0.000000845. The van der Waals surface area contributed by atoms with Gasteiger partial charge in [0.25, 0.3) is 0 Å². The van der Waals surface area contributed by atoms with Crippen molar-refractivity contribution in [1.29, 1.82) is 5.41 Å². The van der Waals surface area contributed by atoms with Crippen LogP contribution in [0.1, 0.15) is 29.9 Å². The standard InChI is InChI=1S/C9H9ClN2.ClH/c10-9(11)7-3-4-12-5-8(7)6-1-2-6;/h3-6,11H,1-2H2;1H. The first-order valence-electron chi connectivity index (χ1n) is 3.97. The number of nitrogens with zero attached hydrogens (tertiary/aromatic N) is 1. The van der Waals surface area contributed by atoms with E-state index in [9.17, 15) is 0 Å². The molecule has 1 N–H and O–H groups in total. The molecule has 1 heterocycles. The SMILES string of the molecule is Cl.N=C(Cl)c1ccncc1C1CC1. The zero-order chi connectivity index (χ0) is 8.55. The lowest BCUT2D eigenvalue weighted by molar-refractivity contribution is 1.09. The van der Waals surface area contributed by atoms with Gasteiger partial charge in [-0.3, -0.25) is 10.4 Å². The van der Waals surface area contributed by atoms with Gasteiger partial charge in [0, 0.05) is 18.0 Å². The van der Waals surface area contributed by atoms with Crippen molar-refractivity contribution in [3.63, 3.8) is 0 Å². The highest BCUT2D eigenvalue weighted by atomic mass is 35.5. The van der Waals surface area contributed by atoms with E-state index in [0.29, 0.717) is 5.92 Å². The van der Waals surface area contributed by atoms with Crippen LogP contribution in [0, 0.1) is 5.41 Å². The molecular formula is C9H10Cl2N2. The van der Waals surface area contributed by atoms with E-state index >= 15 is 0 Å². The van der Waals surface area contributed by atoms with E-state index in [4.69, 9.17) is 17.0 Å². The van der Waals surface area contributed by atoms with Gasteiger partial charge in [-0.25, -0.2) is 0 Å². The second-order valence-corrected chi connectivity index (χ2v) is 3.43. The number of aromatic nitrogens is 1. The lowest BCUT2D eigenvalue weighted by atomic mass is 10.1. The molecule has 0 bridgehead atoms. The third-order valence-corrected chi connectivity index (χ3v) is 2.31. The first-order valence-corrected chi connectivity index (χ1v) is 4.35. The summed E-state index contributed by atoms with van der Waals surface area (Å²) >= 11 is 5.64. The molecule has 0 amide bonds. The summed E-state index contributed by atoms with van der Waals surface area (Å²) in [7, 11) is 0. The van der Waals surface area contributed by atoms with E-state index in [1.807, 2.05) is 12.3 Å². The smallest absolute Gasteiger partial charge is 0.128 e. The molecule has 2 rings (SSSR count). The Morgan fingerprint density at radius 3 is 2.77 bits per heavy atom. The van der Waals surface area contributed by atoms with Gasteiger partial charge in [-0.1, -0.05) is 11.6 Å². The van der Waals surface area contributed by atoms with Gasteiger partial charge in [-0.15, -0.1) is 12.4 Å². The van der Waals surface area contributed by atoms with Crippen molar-refractivity contribution >= 4 is 29.2 Å². The molecular weight excluding hydrogens is 207 g/mol. The average Bonchev–Trinajstić information content (AvgIpc) is 2.87. The monoisotopic (exact) mass is 216 g/mol. The van der Waals surface area contributed by atoms with Crippen LogP contribution in [0.3, 0.4) is 0 Å². The minimum atomic E-state index is 0. The average molecular weight is 217 g/mol. The third kappa shape index (κ3) is 2.20. The van der Waals surface area contributed by atoms with E-state index in [2.05, 4.69) is 4.98 Å². The van der Waals surface area contributed by atoms with E-state index < -0.39 is 0 Å². The fourth-order valence-electron chi connectivity index (χ4n) is 1.33. The van der Waals surface area contributed by atoms with E-state index in [1.165, 1.54) is 12.8 Å². The second kappa shape index (κ2) is 4.07. The van der Waals surface area contributed by atoms with Crippen LogP contribution in [-0.2, 0) is 0 Å². The van der Waals surface area contributed by atoms with Gasteiger partial charge in [0.1, 0.15) is 5.17 Å². The summed E-state index contributed by atoms with van der Waals surface area (Å²) in [6.07, 6.45) is 5.92. The van der Waals surface area contributed by atoms with E-state index in [0.717, 1.165) is 11.1 Å². The van der Waals surface area contributed by atoms with Crippen molar-refractivity contribution in [2.75, 3.05) is 0 Å². The van der Waals surface area contributed by atoms with Gasteiger partial charge in [-0.2, -0.15) is 0 Å². The van der Waals surface area contributed by atoms with Gasteiger partial charge in [-0.05, 0) is 30.4 Å². The molecule has 70 valence electrons. The molecule has 0 saturated heterocycles.